The number of rotatable bonds is 7. The SMILES string of the molecule is CCOC1(c2noc(CC(CC)NC)n2)CCCC(C)C1. The van der Waals surface area contributed by atoms with E-state index in [1.807, 2.05) is 14.0 Å². The molecule has 1 aromatic heterocycles. The molecule has 1 aliphatic rings. The Hall–Kier alpha value is -0.940. The first-order valence-corrected chi connectivity index (χ1v) is 8.27. The van der Waals surface area contributed by atoms with E-state index in [0.29, 0.717) is 24.5 Å². The maximum absolute atomic E-state index is 6.10. The van der Waals surface area contributed by atoms with Gasteiger partial charge in [-0.15, -0.1) is 0 Å². The van der Waals surface area contributed by atoms with Crippen LogP contribution in [0.5, 0.6) is 0 Å². The Labute approximate surface area is 127 Å². The average Bonchev–Trinajstić information content (AvgIpc) is 2.94. The Morgan fingerprint density at radius 1 is 1.48 bits per heavy atom. The van der Waals surface area contributed by atoms with Gasteiger partial charge in [0.05, 0.1) is 0 Å². The van der Waals surface area contributed by atoms with E-state index in [-0.39, 0.29) is 5.60 Å². The molecule has 5 nitrogen and oxygen atoms in total. The summed E-state index contributed by atoms with van der Waals surface area (Å²) in [6.45, 7) is 7.16. The van der Waals surface area contributed by atoms with Gasteiger partial charge in [0.25, 0.3) is 0 Å². The lowest BCUT2D eigenvalue weighted by Gasteiger charge is -2.37. The van der Waals surface area contributed by atoms with Gasteiger partial charge in [0.2, 0.25) is 11.7 Å². The lowest BCUT2D eigenvalue weighted by Crippen LogP contribution is -2.36. The number of nitrogens with zero attached hydrogens (tertiary/aromatic N) is 2. The van der Waals surface area contributed by atoms with Crippen molar-refractivity contribution >= 4 is 0 Å². The molecular formula is C16H29N3O2. The van der Waals surface area contributed by atoms with Gasteiger partial charge >= 0.3 is 0 Å². The van der Waals surface area contributed by atoms with Crippen LogP contribution in [-0.4, -0.2) is 29.8 Å². The van der Waals surface area contributed by atoms with E-state index in [9.17, 15) is 0 Å². The number of hydrogen-bond donors (Lipinski definition) is 1. The molecule has 0 bridgehead atoms. The van der Waals surface area contributed by atoms with E-state index < -0.39 is 0 Å². The molecule has 0 radical (unpaired) electrons. The summed E-state index contributed by atoms with van der Waals surface area (Å²) in [6.07, 6.45) is 6.23. The summed E-state index contributed by atoms with van der Waals surface area (Å²) >= 11 is 0. The van der Waals surface area contributed by atoms with E-state index in [2.05, 4.69) is 29.3 Å². The Kier molecular flexibility index (Phi) is 5.76. The molecule has 0 saturated heterocycles. The molecule has 1 N–H and O–H groups in total. The molecule has 2 rings (SSSR count). The van der Waals surface area contributed by atoms with Crippen LogP contribution in [0.4, 0.5) is 0 Å². The molecule has 0 amide bonds. The number of aromatic nitrogens is 2. The second-order valence-corrected chi connectivity index (χ2v) is 6.24. The van der Waals surface area contributed by atoms with E-state index in [4.69, 9.17) is 9.26 Å². The van der Waals surface area contributed by atoms with Crippen LogP contribution in [0.2, 0.25) is 0 Å². The summed E-state index contributed by atoms with van der Waals surface area (Å²) in [5.74, 6) is 2.10. The topological polar surface area (TPSA) is 60.2 Å². The number of ether oxygens (including phenoxy) is 1. The van der Waals surface area contributed by atoms with E-state index in [0.717, 1.165) is 31.5 Å². The van der Waals surface area contributed by atoms with Crippen LogP contribution in [0.25, 0.3) is 0 Å². The highest BCUT2D eigenvalue weighted by Crippen LogP contribution is 2.41. The van der Waals surface area contributed by atoms with Crippen LogP contribution in [0.3, 0.4) is 0 Å². The second-order valence-electron chi connectivity index (χ2n) is 6.24. The Bertz CT molecular complexity index is 427. The van der Waals surface area contributed by atoms with Gasteiger partial charge in [-0.2, -0.15) is 4.98 Å². The van der Waals surface area contributed by atoms with Gasteiger partial charge in [0, 0.05) is 19.1 Å². The molecule has 1 aliphatic carbocycles. The average molecular weight is 295 g/mol. The zero-order valence-electron chi connectivity index (χ0n) is 13.8. The van der Waals surface area contributed by atoms with Crippen LogP contribution in [0.1, 0.15) is 64.6 Å². The fraction of sp³-hybridized carbons (Fsp3) is 0.875. The number of nitrogens with one attached hydrogen (secondary N) is 1. The van der Waals surface area contributed by atoms with Gasteiger partial charge in [-0.1, -0.05) is 25.4 Å². The van der Waals surface area contributed by atoms with Crippen LogP contribution >= 0.6 is 0 Å². The molecule has 0 aliphatic heterocycles. The first kappa shape index (κ1) is 16.4. The maximum Gasteiger partial charge on any atom is 0.228 e. The highest BCUT2D eigenvalue weighted by atomic mass is 16.5. The molecular weight excluding hydrogens is 266 g/mol. The molecule has 1 fully saturated rings. The molecule has 3 atom stereocenters. The maximum atomic E-state index is 6.10. The molecule has 1 heterocycles. The van der Waals surface area contributed by atoms with Gasteiger partial charge < -0.3 is 14.6 Å². The predicted molar refractivity (Wildman–Crippen MR) is 82.1 cm³/mol. The van der Waals surface area contributed by atoms with Gasteiger partial charge in [0.15, 0.2) is 0 Å². The van der Waals surface area contributed by atoms with Crippen LogP contribution in [-0.2, 0) is 16.8 Å². The van der Waals surface area contributed by atoms with Crippen molar-refractivity contribution in [3.05, 3.63) is 11.7 Å². The number of likely N-dealkylation sites (N-methyl/N-ethyl adjacent to an activating group) is 1. The van der Waals surface area contributed by atoms with Crippen molar-refractivity contribution < 1.29 is 9.26 Å². The van der Waals surface area contributed by atoms with Crippen LogP contribution < -0.4 is 5.32 Å². The van der Waals surface area contributed by atoms with Gasteiger partial charge in [-0.3, -0.25) is 0 Å². The van der Waals surface area contributed by atoms with Crippen molar-refractivity contribution in [3.63, 3.8) is 0 Å². The minimum atomic E-state index is -0.338. The normalized spacial score (nSPS) is 27.7. The van der Waals surface area contributed by atoms with Gasteiger partial charge in [-0.05, 0) is 45.6 Å². The summed E-state index contributed by atoms with van der Waals surface area (Å²) in [5.41, 5.74) is -0.338. The van der Waals surface area contributed by atoms with Crippen molar-refractivity contribution in [1.29, 1.82) is 0 Å². The van der Waals surface area contributed by atoms with E-state index in [1.54, 1.807) is 0 Å². The third kappa shape index (κ3) is 3.83. The summed E-state index contributed by atoms with van der Waals surface area (Å²) in [4.78, 5) is 4.65. The first-order chi connectivity index (χ1) is 10.1. The summed E-state index contributed by atoms with van der Waals surface area (Å²) in [5, 5.41) is 7.52. The molecule has 21 heavy (non-hydrogen) atoms. The molecule has 0 spiro atoms. The zero-order valence-corrected chi connectivity index (χ0v) is 13.8. The fourth-order valence-corrected chi connectivity index (χ4v) is 3.36. The molecule has 3 unspecified atom stereocenters. The Morgan fingerprint density at radius 2 is 2.29 bits per heavy atom. The lowest BCUT2D eigenvalue weighted by molar-refractivity contribution is -0.0891. The standard InChI is InChI=1S/C16H29N3O2/c1-5-13(17-4)10-14-18-15(19-21-14)16(20-6-2)9-7-8-12(3)11-16/h12-13,17H,5-11H2,1-4H3. The molecule has 5 heteroatoms. The molecule has 1 saturated carbocycles. The zero-order chi connectivity index (χ0) is 15.3. The third-order valence-electron chi connectivity index (χ3n) is 4.57. The Balaban J connectivity index is 2.16. The minimum Gasteiger partial charge on any atom is -0.367 e. The Morgan fingerprint density at radius 3 is 2.90 bits per heavy atom. The summed E-state index contributed by atoms with van der Waals surface area (Å²) in [6, 6.07) is 0.381. The van der Waals surface area contributed by atoms with Gasteiger partial charge in [0.1, 0.15) is 5.60 Å². The molecule has 0 aromatic carbocycles. The van der Waals surface area contributed by atoms with Crippen molar-refractivity contribution in [2.75, 3.05) is 13.7 Å². The third-order valence-corrected chi connectivity index (χ3v) is 4.57. The van der Waals surface area contributed by atoms with Crippen molar-refractivity contribution in [3.8, 4) is 0 Å². The second kappa shape index (κ2) is 7.36. The smallest absolute Gasteiger partial charge is 0.228 e. The highest BCUT2D eigenvalue weighted by molar-refractivity contribution is 5.05. The predicted octanol–water partition coefficient (Wildman–Crippen LogP) is 3.05. The quantitative estimate of drug-likeness (QED) is 0.837. The lowest BCUT2D eigenvalue weighted by atomic mass is 9.78. The number of hydrogen-bond acceptors (Lipinski definition) is 5. The van der Waals surface area contributed by atoms with Crippen LogP contribution in [0, 0.1) is 5.92 Å². The van der Waals surface area contributed by atoms with Crippen molar-refractivity contribution in [1.82, 2.24) is 15.5 Å². The van der Waals surface area contributed by atoms with E-state index >= 15 is 0 Å². The molecule has 1 aromatic rings. The minimum absolute atomic E-state index is 0.338. The highest BCUT2D eigenvalue weighted by Gasteiger charge is 2.41. The largest absolute Gasteiger partial charge is 0.367 e. The first-order valence-electron chi connectivity index (χ1n) is 8.27. The van der Waals surface area contributed by atoms with Crippen molar-refractivity contribution in [2.24, 2.45) is 5.92 Å². The monoisotopic (exact) mass is 295 g/mol. The van der Waals surface area contributed by atoms with Crippen LogP contribution in [0.15, 0.2) is 4.52 Å². The fourth-order valence-electron chi connectivity index (χ4n) is 3.36. The summed E-state index contributed by atoms with van der Waals surface area (Å²) in [7, 11) is 1.97. The summed E-state index contributed by atoms with van der Waals surface area (Å²) < 4.78 is 11.6. The van der Waals surface area contributed by atoms with Gasteiger partial charge in [-0.25, -0.2) is 0 Å². The van der Waals surface area contributed by atoms with Crippen molar-refractivity contribution in [2.45, 2.75) is 70.9 Å². The molecule has 120 valence electrons. The van der Waals surface area contributed by atoms with E-state index in [1.165, 1.54) is 12.8 Å².